The molecule has 0 saturated carbocycles. The highest BCUT2D eigenvalue weighted by Gasteiger charge is 2.14. The SMILES string of the molecule is COCCNc1nncc(Nc2ccc(F)c(F)c2F)n1. The van der Waals surface area contributed by atoms with E-state index in [9.17, 15) is 13.2 Å². The zero-order chi connectivity index (χ0) is 15.2. The molecule has 0 unspecified atom stereocenters. The molecule has 0 spiro atoms. The molecule has 1 aromatic heterocycles. The van der Waals surface area contributed by atoms with Crippen molar-refractivity contribution < 1.29 is 17.9 Å². The molecule has 0 bridgehead atoms. The number of aromatic nitrogens is 3. The summed E-state index contributed by atoms with van der Waals surface area (Å²) in [4.78, 5) is 4.00. The van der Waals surface area contributed by atoms with Crippen LogP contribution < -0.4 is 10.6 Å². The van der Waals surface area contributed by atoms with Gasteiger partial charge in [0.1, 0.15) is 0 Å². The Balaban J connectivity index is 2.13. The van der Waals surface area contributed by atoms with Crippen molar-refractivity contribution >= 4 is 17.5 Å². The number of anilines is 3. The highest BCUT2D eigenvalue weighted by molar-refractivity contribution is 5.57. The van der Waals surface area contributed by atoms with E-state index in [1.165, 1.54) is 6.20 Å². The van der Waals surface area contributed by atoms with Crippen molar-refractivity contribution in [3.8, 4) is 0 Å². The second-order valence-corrected chi connectivity index (χ2v) is 3.93. The summed E-state index contributed by atoms with van der Waals surface area (Å²) in [7, 11) is 1.55. The highest BCUT2D eigenvalue weighted by Crippen LogP contribution is 2.22. The van der Waals surface area contributed by atoms with E-state index in [2.05, 4.69) is 25.8 Å². The van der Waals surface area contributed by atoms with Crippen molar-refractivity contribution in [2.24, 2.45) is 0 Å². The van der Waals surface area contributed by atoms with Crippen molar-refractivity contribution in [3.63, 3.8) is 0 Å². The molecule has 0 saturated heterocycles. The summed E-state index contributed by atoms with van der Waals surface area (Å²) in [6.45, 7) is 0.903. The molecule has 9 heteroatoms. The minimum atomic E-state index is -1.56. The van der Waals surface area contributed by atoms with Gasteiger partial charge in [-0.05, 0) is 12.1 Å². The predicted molar refractivity (Wildman–Crippen MR) is 69.8 cm³/mol. The predicted octanol–water partition coefficient (Wildman–Crippen LogP) is 2.09. The van der Waals surface area contributed by atoms with Crippen LogP contribution in [0.15, 0.2) is 18.3 Å². The average Bonchev–Trinajstić information content (AvgIpc) is 2.49. The zero-order valence-electron chi connectivity index (χ0n) is 11.0. The summed E-state index contributed by atoms with van der Waals surface area (Å²) in [5.74, 6) is -3.82. The molecule has 0 amide bonds. The molecule has 0 radical (unpaired) electrons. The number of nitrogens with zero attached hydrogens (tertiary/aromatic N) is 3. The molecule has 6 nitrogen and oxygen atoms in total. The number of nitrogens with one attached hydrogen (secondary N) is 2. The van der Waals surface area contributed by atoms with Gasteiger partial charge >= 0.3 is 0 Å². The Morgan fingerprint density at radius 1 is 1.19 bits per heavy atom. The van der Waals surface area contributed by atoms with Gasteiger partial charge in [-0.15, -0.1) is 5.10 Å². The molecule has 2 N–H and O–H groups in total. The lowest BCUT2D eigenvalue weighted by molar-refractivity contribution is 0.210. The van der Waals surface area contributed by atoms with Crippen LogP contribution in [0.3, 0.4) is 0 Å². The van der Waals surface area contributed by atoms with E-state index in [4.69, 9.17) is 4.74 Å². The third-order valence-corrected chi connectivity index (χ3v) is 2.45. The van der Waals surface area contributed by atoms with Gasteiger partial charge in [-0.2, -0.15) is 10.1 Å². The fraction of sp³-hybridized carbons (Fsp3) is 0.250. The van der Waals surface area contributed by atoms with Crippen molar-refractivity contribution in [2.45, 2.75) is 0 Å². The Kier molecular flexibility index (Phi) is 4.88. The van der Waals surface area contributed by atoms with Gasteiger partial charge in [0, 0.05) is 13.7 Å². The average molecular weight is 299 g/mol. The van der Waals surface area contributed by atoms with Crippen molar-refractivity contribution in [1.29, 1.82) is 0 Å². The monoisotopic (exact) mass is 299 g/mol. The van der Waals surface area contributed by atoms with Gasteiger partial charge < -0.3 is 15.4 Å². The molecular formula is C12H12F3N5O. The fourth-order valence-electron chi connectivity index (χ4n) is 1.46. The van der Waals surface area contributed by atoms with Gasteiger partial charge in [-0.3, -0.25) is 0 Å². The number of rotatable bonds is 6. The summed E-state index contributed by atoms with van der Waals surface area (Å²) in [6.07, 6.45) is 1.22. The molecule has 1 heterocycles. The quantitative estimate of drug-likeness (QED) is 0.628. The van der Waals surface area contributed by atoms with Crippen molar-refractivity contribution in [3.05, 3.63) is 35.8 Å². The van der Waals surface area contributed by atoms with Gasteiger partial charge in [0.05, 0.1) is 18.5 Å². The Morgan fingerprint density at radius 3 is 2.76 bits per heavy atom. The van der Waals surface area contributed by atoms with Crippen LogP contribution in [0.25, 0.3) is 0 Å². The van der Waals surface area contributed by atoms with E-state index in [1.807, 2.05) is 0 Å². The molecular weight excluding hydrogens is 287 g/mol. The van der Waals surface area contributed by atoms with Crippen LogP contribution in [0, 0.1) is 17.5 Å². The second-order valence-electron chi connectivity index (χ2n) is 3.93. The Morgan fingerprint density at radius 2 is 2.00 bits per heavy atom. The molecule has 112 valence electrons. The van der Waals surface area contributed by atoms with E-state index >= 15 is 0 Å². The maximum absolute atomic E-state index is 13.5. The maximum Gasteiger partial charge on any atom is 0.244 e. The number of halogens is 3. The van der Waals surface area contributed by atoms with E-state index in [0.29, 0.717) is 13.2 Å². The standard InChI is InChI=1S/C12H12F3N5O/c1-21-5-4-16-12-19-9(6-17-20-12)18-8-3-2-7(13)10(14)11(8)15/h2-3,6H,4-5H2,1H3,(H2,16,18,19,20). The maximum atomic E-state index is 13.5. The zero-order valence-corrected chi connectivity index (χ0v) is 11.0. The number of hydrogen-bond acceptors (Lipinski definition) is 6. The molecule has 1 aromatic carbocycles. The third-order valence-electron chi connectivity index (χ3n) is 2.45. The first-order valence-corrected chi connectivity index (χ1v) is 5.95. The third kappa shape index (κ3) is 3.78. The van der Waals surface area contributed by atoms with Crippen LogP contribution in [-0.4, -0.2) is 35.4 Å². The summed E-state index contributed by atoms with van der Waals surface area (Å²) in [5, 5.41) is 12.7. The van der Waals surface area contributed by atoms with E-state index < -0.39 is 17.5 Å². The molecule has 0 fully saturated rings. The Hall–Kier alpha value is -2.42. The molecule has 2 rings (SSSR count). The first-order valence-electron chi connectivity index (χ1n) is 5.95. The van der Waals surface area contributed by atoms with Crippen LogP contribution >= 0.6 is 0 Å². The first kappa shape index (κ1) is 15.0. The van der Waals surface area contributed by atoms with Crippen molar-refractivity contribution in [1.82, 2.24) is 15.2 Å². The summed E-state index contributed by atoms with van der Waals surface area (Å²) in [6, 6.07) is 1.88. The second kappa shape index (κ2) is 6.84. The molecule has 0 aliphatic heterocycles. The van der Waals surface area contributed by atoms with Crippen LogP contribution in [0.1, 0.15) is 0 Å². The fourth-order valence-corrected chi connectivity index (χ4v) is 1.46. The smallest absolute Gasteiger partial charge is 0.244 e. The van der Waals surface area contributed by atoms with E-state index in [0.717, 1.165) is 12.1 Å². The van der Waals surface area contributed by atoms with Crippen molar-refractivity contribution in [2.75, 3.05) is 30.9 Å². The summed E-state index contributed by atoms with van der Waals surface area (Å²) in [5.41, 5.74) is -0.253. The summed E-state index contributed by atoms with van der Waals surface area (Å²) < 4.78 is 44.3. The van der Waals surface area contributed by atoms with Gasteiger partial charge in [0.25, 0.3) is 0 Å². The number of methoxy groups -OCH3 is 1. The molecule has 21 heavy (non-hydrogen) atoms. The minimum absolute atomic E-state index is 0.134. The van der Waals surface area contributed by atoms with Gasteiger partial charge in [0.15, 0.2) is 23.3 Å². The molecule has 0 atom stereocenters. The summed E-state index contributed by atoms with van der Waals surface area (Å²) >= 11 is 0. The van der Waals surface area contributed by atoms with Crippen LogP contribution in [0.5, 0.6) is 0 Å². The number of hydrogen-bond donors (Lipinski definition) is 2. The Labute approximate surface area is 118 Å². The van der Waals surface area contributed by atoms with Gasteiger partial charge in [0.2, 0.25) is 5.95 Å². The largest absolute Gasteiger partial charge is 0.383 e. The van der Waals surface area contributed by atoms with E-state index in [1.54, 1.807) is 7.11 Å². The lowest BCUT2D eigenvalue weighted by Crippen LogP contribution is -2.11. The molecule has 0 aliphatic rings. The lowest BCUT2D eigenvalue weighted by Gasteiger charge is -2.08. The van der Waals surface area contributed by atoms with E-state index in [-0.39, 0.29) is 17.5 Å². The van der Waals surface area contributed by atoms with Crippen LogP contribution in [0.4, 0.5) is 30.6 Å². The molecule has 0 aliphatic carbocycles. The highest BCUT2D eigenvalue weighted by atomic mass is 19.2. The van der Waals surface area contributed by atoms with Crippen LogP contribution in [0.2, 0.25) is 0 Å². The minimum Gasteiger partial charge on any atom is -0.383 e. The lowest BCUT2D eigenvalue weighted by atomic mass is 10.3. The van der Waals surface area contributed by atoms with Crippen LogP contribution in [-0.2, 0) is 4.74 Å². The van der Waals surface area contributed by atoms with Gasteiger partial charge in [-0.25, -0.2) is 13.2 Å². The van der Waals surface area contributed by atoms with Gasteiger partial charge in [-0.1, -0.05) is 0 Å². The normalized spacial score (nSPS) is 10.5. The number of ether oxygens (including phenoxy) is 1. The first-order chi connectivity index (χ1) is 10.1. The topological polar surface area (TPSA) is 72.0 Å². The molecule has 2 aromatic rings. The number of benzene rings is 1. The Bertz CT molecular complexity index is 626.